The zero-order valence-corrected chi connectivity index (χ0v) is 14.3. The fourth-order valence-corrected chi connectivity index (χ4v) is 3.96. The maximum Gasteiger partial charge on any atom is 0.261 e. The van der Waals surface area contributed by atoms with Gasteiger partial charge in [0.05, 0.1) is 10.6 Å². The highest BCUT2D eigenvalue weighted by atomic mass is 32.2. The molecule has 2 aromatic rings. The van der Waals surface area contributed by atoms with Gasteiger partial charge in [-0.25, -0.2) is 8.42 Å². The average Bonchev–Trinajstić information content (AvgIpc) is 3.01. The Kier molecular flexibility index (Phi) is 4.57. The van der Waals surface area contributed by atoms with Crippen LogP contribution in [0, 0.1) is 0 Å². The summed E-state index contributed by atoms with van der Waals surface area (Å²) < 4.78 is 27.8. The molecule has 1 N–H and O–H groups in total. The number of sulfonamides is 1. The van der Waals surface area contributed by atoms with E-state index in [4.69, 9.17) is 0 Å². The van der Waals surface area contributed by atoms with Crippen LogP contribution in [0.5, 0.6) is 0 Å². The second kappa shape index (κ2) is 6.65. The second-order valence-electron chi connectivity index (χ2n) is 5.76. The number of hydrogen-bond acceptors (Lipinski definition) is 3. The second-order valence-corrected chi connectivity index (χ2v) is 7.44. The predicted octanol–water partition coefficient (Wildman–Crippen LogP) is 3.18. The van der Waals surface area contributed by atoms with Gasteiger partial charge in [0, 0.05) is 18.7 Å². The third-order valence-corrected chi connectivity index (χ3v) is 5.56. The summed E-state index contributed by atoms with van der Waals surface area (Å²) in [6.07, 6.45) is 2.14. The van der Waals surface area contributed by atoms with Gasteiger partial charge < -0.3 is 4.90 Å². The highest BCUT2D eigenvalue weighted by Crippen LogP contribution is 2.25. The third kappa shape index (κ3) is 3.28. The van der Waals surface area contributed by atoms with Crippen LogP contribution in [0.3, 0.4) is 0 Å². The molecule has 0 spiro atoms. The smallest absolute Gasteiger partial charge is 0.261 e. The van der Waals surface area contributed by atoms with Crippen molar-refractivity contribution in [3.05, 3.63) is 54.1 Å². The highest BCUT2D eigenvalue weighted by Gasteiger charge is 2.22. The molecule has 0 saturated carbocycles. The van der Waals surface area contributed by atoms with Gasteiger partial charge in [-0.2, -0.15) is 0 Å². The molecule has 6 heteroatoms. The molecular weight excluding hydrogens is 324 g/mol. The van der Waals surface area contributed by atoms with Gasteiger partial charge in [-0.1, -0.05) is 25.1 Å². The Labute approximate surface area is 142 Å². The summed E-state index contributed by atoms with van der Waals surface area (Å²) in [6, 6.07) is 13.8. The molecule has 126 valence electrons. The zero-order chi connectivity index (χ0) is 17.2. The van der Waals surface area contributed by atoms with Crippen LogP contribution in [-0.4, -0.2) is 20.9 Å². The lowest BCUT2D eigenvalue weighted by Crippen LogP contribution is -2.23. The molecular formula is C18H20N2O3S. The van der Waals surface area contributed by atoms with Crippen molar-refractivity contribution in [3.8, 4) is 0 Å². The number of aryl methyl sites for hydroxylation is 1. The molecule has 0 aliphatic carbocycles. The van der Waals surface area contributed by atoms with E-state index in [9.17, 15) is 13.2 Å². The standard InChI is InChI=1S/C18H20N2O3S/c1-2-14-6-3-4-7-17(14)19-24(22,23)16-11-9-15(10-12-16)20-13-5-8-18(20)21/h3-4,6-7,9-12,19H,2,5,8,13H2,1H3. The lowest BCUT2D eigenvalue weighted by Gasteiger charge is -2.16. The Morgan fingerprint density at radius 3 is 2.42 bits per heavy atom. The number of nitrogens with one attached hydrogen (secondary N) is 1. The van der Waals surface area contributed by atoms with Crippen LogP contribution in [-0.2, 0) is 21.2 Å². The van der Waals surface area contributed by atoms with Crippen molar-refractivity contribution in [1.29, 1.82) is 0 Å². The number of carbonyl (C=O) groups excluding carboxylic acids is 1. The zero-order valence-electron chi connectivity index (χ0n) is 13.5. The fourth-order valence-electron chi connectivity index (χ4n) is 2.86. The largest absolute Gasteiger partial charge is 0.312 e. The molecule has 1 aliphatic rings. The van der Waals surface area contributed by atoms with E-state index in [-0.39, 0.29) is 10.8 Å². The monoisotopic (exact) mass is 344 g/mol. The molecule has 1 fully saturated rings. The van der Waals surface area contributed by atoms with Gasteiger partial charge in [-0.3, -0.25) is 9.52 Å². The first-order valence-corrected chi connectivity index (χ1v) is 9.51. The number of anilines is 2. The Balaban J connectivity index is 1.83. The summed E-state index contributed by atoms with van der Waals surface area (Å²) in [4.78, 5) is 13.6. The van der Waals surface area contributed by atoms with Crippen LogP contribution in [0.2, 0.25) is 0 Å². The van der Waals surface area contributed by atoms with Crippen LogP contribution in [0.1, 0.15) is 25.3 Å². The van der Waals surface area contributed by atoms with Crippen LogP contribution in [0.15, 0.2) is 53.4 Å². The van der Waals surface area contributed by atoms with Gasteiger partial charge in [-0.05, 0) is 48.7 Å². The van der Waals surface area contributed by atoms with Gasteiger partial charge in [0.1, 0.15) is 0 Å². The lowest BCUT2D eigenvalue weighted by molar-refractivity contribution is -0.117. The molecule has 1 amide bonds. The minimum atomic E-state index is -3.65. The van der Waals surface area contributed by atoms with E-state index >= 15 is 0 Å². The number of hydrogen-bond donors (Lipinski definition) is 1. The Hall–Kier alpha value is -2.34. The van der Waals surface area contributed by atoms with Gasteiger partial charge in [-0.15, -0.1) is 0 Å². The van der Waals surface area contributed by atoms with Crippen molar-refractivity contribution in [2.75, 3.05) is 16.2 Å². The molecule has 3 rings (SSSR count). The Morgan fingerprint density at radius 2 is 1.79 bits per heavy atom. The number of para-hydroxylation sites is 1. The molecule has 1 aliphatic heterocycles. The summed E-state index contributed by atoms with van der Waals surface area (Å²) in [5.74, 6) is 0.0839. The van der Waals surface area contributed by atoms with Crippen molar-refractivity contribution in [2.45, 2.75) is 31.1 Å². The maximum absolute atomic E-state index is 12.6. The minimum Gasteiger partial charge on any atom is -0.312 e. The summed E-state index contributed by atoms with van der Waals surface area (Å²) in [7, 11) is -3.65. The molecule has 0 aromatic heterocycles. The lowest BCUT2D eigenvalue weighted by atomic mass is 10.1. The first-order chi connectivity index (χ1) is 11.5. The van der Waals surface area contributed by atoms with Gasteiger partial charge >= 0.3 is 0 Å². The van der Waals surface area contributed by atoms with Crippen molar-refractivity contribution < 1.29 is 13.2 Å². The number of carbonyl (C=O) groups is 1. The summed E-state index contributed by atoms with van der Waals surface area (Å²) >= 11 is 0. The number of rotatable bonds is 5. The summed E-state index contributed by atoms with van der Waals surface area (Å²) in [5, 5.41) is 0. The molecule has 0 bridgehead atoms. The van der Waals surface area contributed by atoms with E-state index in [1.807, 2.05) is 19.1 Å². The topological polar surface area (TPSA) is 66.5 Å². The quantitative estimate of drug-likeness (QED) is 0.906. The molecule has 2 aromatic carbocycles. The summed E-state index contributed by atoms with van der Waals surface area (Å²) in [6.45, 7) is 2.67. The molecule has 0 unspecified atom stereocenters. The van der Waals surface area contributed by atoms with Crippen LogP contribution in [0.4, 0.5) is 11.4 Å². The molecule has 0 radical (unpaired) electrons. The minimum absolute atomic E-state index is 0.0839. The maximum atomic E-state index is 12.6. The number of amides is 1. The molecule has 24 heavy (non-hydrogen) atoms. The third-order valence-electron chi connectivity index (χ3n) is 4.17. The average molecular weight is 344 g/mol. The van der Waals surface area contributed by atoms with E-state index in [2.05, 4.69) is 4.72 Å². The SMILES string of the molecule is CCc1ccccc1NS(=O)(=O)c1ccc(N2CCCC2=O)cc1. The van der Waals surface area contributed by atoms with Crippen molar-refractivity contribution >= 4 is 27.3 Å². The molecule has 0 atom stereocenters. The number of nitrogens with zero attached hydrogens (tertiary/aromatic N) is 1. The van der Waals surface area contributed by atoms with E-state index in [1.54, 1.807) is 29.2 Å². The van der Waals surface area contributed by atoms with E-state index in [0.717, 1.165) is 24.1 Å². The molecule has 1 heterocycles. The highest BCUT2D eigenvalue weighted by molar-refractivity contribution is 7.92. The van der Waals surface area contributed by atoms with Crippen molar-refractivity contribution in [3.63, 3.8) is 0 Å². The van der Waals surface area contributed by atoms with Crippen molar-refractivity contribution in [1.82, 2.24) is 0 Å². The first kappa shape index (κ1) is 16.5. The Bertz CT molecular complexity index is 845. The van der Waals surface area contributed by atoms with Crippen molar-refractivity contribution in [2.24, 2.45) is 0 Å². The van der Waals surface area contributed by atoms with Gasteiger partial charge in [0.25, 0.3) is 10.0 Å². The van der Waals surface area contributed by atoms with Gasteiger partial charge in [0.2, 0.25) is 5.91 Å². The molecule has 1 saturated heterocycles. The summed E-state index contributed by atoms with van der Waals surface area (Å²) in [5.41, 5.74) is 2.28. The van der Waals surface area contributed by atoms with E-state index in [0.29, 0.717) is 18.7 Å². The van der Waals surface area contributed by atoms with Crippen LogP contribution in [0.25, 0.3) is 0 Å². The normalized spacial score (nSPS) is 14.9. The predicted molar refractivity (Wildman–Crippen MR) is 94.7 cm³/mol. The first-order valence-electron chi connectivity index (χ1n) is 8.02. The Morgan fingerprint density at radius 1 is 1.08 bits per heavy atom. The van der Waals surface area contributed by atoms with Gasteiger partial charge in [0.15, 0.2) is 0 Å². The van der Waals surface area contributed by atoms with Crippen LogP contribution >= 0.6 is 0 Å². The molecule has 5 nitrogen and oxygen atoms in total. The number of benzene rings is 2. The van der Waals surface area contributed by atoms with E-state index < -0.39 is 10.0 Å². The fraction of sp³-hybridized carbons (Fsp3) is 0.278. The van der Waals surface area contributed by atoms with Crippen LogP contribution < -0.4 is 9.62 Å². The van der Waals surface area contributed by atoms with E-state index in [1.165, 1.54) is 12.1 Å².